The van der Waals surface area contributed by atoms with Crippen LogP contribution in [-0.2, 0) is 4.79 Å². The molecule has 0 aliphatic carbocycles. The van der Waals surface area contributed by atoms with Crippen molar-refractivity contribution in [3.63, 3.8) is 0 Å². The van der Waals surface area contributed by atoms with Gasteiger partial charge in [-0.15, -0.1) is 0 Å². The number of aliphatic carboxylic acids is 1. The highest BCUT2D eigenvalue weighted by Gasteiger charge is 2.16. The molecule has 0 saturated heterocycles. The van der Waals surface area contributed by atoms with Crippen LogP contribution in [0.15, 0.2) is 18.3 Å². The number of carboxylic acids is 1. The Morgan fingerprint density at radius 1 is 1.44 bits per heavy atom. The molecule has 5 heteroatoms. The molecule has 1 aromatic heterocycles. The van der Waals surface area contributed by atoms with Gasteiger partial charge in [-0.05, 0) is 25.5 Å². The van der Waals surface area contributed by atoms with Crippen LogP contribution in [0.2, 0.25) is 0 Å². The molecule has 1 rings (SSSR count). The number of amides is 1. The van der Waals surface area contributed by atoms with Gasteiger partial charge in [-0.1, -0.05) is 13.3 Å². The average Bonchev–Trinajstić information content (AvgIpc) is 2.29. The summed E-state index contributed by atoms with van der Waals surface area (Å²) in [7, 11) is 0. The van der Waals surface area contributed by atoms with Gasteiger partial charge < -0.3 is 10.4 Å². The number of hydrogen-bond donors (Lipinski definition) is 2. The number of carboxylic acid groups (broad SMARTS) is 1. The molecule has 0 aliphatic rings. The van der Waals surface area contributed by atoms with E-state index in [1.165, 1.54) is 6.20 Å². The number of aryl methyl sites for hydroxylation is 1. The minimum absolute atomic E-state index is 0.0567. The Morgan fingerprint density at radius 3 is 2.67 bits per heavy atom. The first kappa shape index (κ1) is 14.2. The summed E-state index contributed by atoms with van der Waals surface area (Å²) in [6.45, 7) is 3.79. The first-order valence-electron chi connectivity index (χ1n) is 5.98. The van der Waals surface area contributed by atoms with Gasteiger partial charge in [-0.3, -0.25) is 14.6 Å². The van der Waals surface area contributed by atoms with Gasteiger partial charge in [0, 0.05) is 17.9 Å². The Bertz CT molecular complexity index is 415. The molecule has 0 spiro atoms. The molecule has 1 heterocycles. The van der Waals surface area contributed by atoms with Gasteiger partial charge in [-0.2, -0.15) is 0 Å². The van der Waals surface area contributed by atoms with Crippen molar-refractivity contribution in [3.05, 3.63) is 29.6 Å². The SMILES string of the molecule is CCCC(CC(=O)O)NC(=O)c1ccc(C)nc1. The van der Waals surface area contributed by atoms with Crippen LogP contribution in [-0.4, -0.2) is 28.0 Å². The van der Waals surface area contributed by atoms with E-state index in [1.54, 1.807) is 12.1 Å². The zero-order chi connectivity index (χ0) is 13.5. The van der Waals surface area contributed by atoms with Crippen LogP contribution in [0.25, 0.3) is 0 Å². The summed E-state index contributed by atoms with van der Waals surface area (Å²) in [5, 5.41) is 11.5. The summed E-state index contributed by atoms with van der Waals surface area (Å²) in [6.07, 6.45) is 2.91. The largest absolute Gasteiger partial charge is 0.481 e. The van der Waals surface area contributed by atoms with E-state index in [0.29, 0.717) is 12.0 Å². The van der Waals surface area contributed by atoms with Crippen LogP contribution >= 0.6 is 0 Å². The molecule has 0 radical (unpaired) electrons. The molecule has 1 unspecified atom stereocenters. The first-order valence-corrected chi connectivity index (χ1v) is 5.98. The molecular formula is C13H18N2O3. The number of carbonyl (C=O) groups is 2. The Morgan fingerprint density at radius 2 is 2.17 bits per heavy atom. The standard InChI is InChI=1S/C13H18N2O3/c1-3-4-11(7-12(16)17)15-13(18)10-6-5-9(2)14-8-10/h5-6,8,11H,3-4,7H2,1-2H3,(H,15,18)(H,16,17). The van der Waals surface area contributed by atoms with Crippen molar-refractivity contribution in [2.24, 2.45) is 0 Å². The fourth-order valence-corrected chi connectivity index (χ4v) is 1.66. The smallest absolute Gasteiger partial charge is 0.305 e. The maximum Gasteiger partial charge on any atom is 0.305 e. The highest BCUT2D eigenvalue weighted by atomic mass is 16.4. The molecule has 2 N–H and O–H groups in total. The van der Waals surface area contributed by atoms with Crippen molar-refractivity contribution in [2.75, 3.05) is 0 Å². The summed E-state index contributed by atoms with van der Waals surface area (Å²) in [5.41, 5.74) is 1.29. The molecule has 0 fully saturated rings. The topological polar surface area (TPSA) is 79.3 Å². The van der Waals surface area contributed by atoms with E-state index in [9.17, 15) is 9.59 Å². The third kappa shape index (κ3) is 4.53. The van der Waals surface area contributed by atoms with Gasteiger partial charge in [0.2, 0.25) is 0 Å². The quantitative estimate of drug-likeness (QED) is 0.806. The summed E-state index contributed by atoms with van der Waals surface area (Å²) in [5.74, 6) is -1.18. The molecule has 0 bridgehead atoms. The number of nitrogens with zero attached hydrogens (tertiary/aromatic N) is 1. The van der Waals surface area contributed by atoms with Crippen molar-refractivity contribution >= 4 is 11.9 Å². The average molecular weight is 250 g/mol. The van der Waals surface area contributed by atoms with Crippen LogP contribution in [0.4, 0.5) is 0 Å². The maximum absolute atomic E-state index is 11.9. The van der Waals surface area contributed by atoms with Crippen LogP contribution in [0.3, 0.4) is 0 Å². The lowest BCUT2D eigenvalue weighted by Crippen LogP contribution is -2.36. The predicted octanol–water partition coefficient (Wildman–Crippen LogP) is 1.76. The lowest BCUT2D eigenvalue weighted by Gasteiger charge is -2.15. The van der Waals surface area contributed by atoms with Gasteiger partial charge in [0.05, 0.1) is 12.0 Å². The third-order valence-electron chi connectivity index (χ3n) is 2.57. The second-order valence-corrected chi connectivity index (χ2v) is 4.25. The van der Waals surface area contributed by atoms with Gasteiger partial charge in [0.15, 0.2) is 0 Å². The third-order valence-corrected chi connectivity index (χ3v) is 2.57. The maximum atomic E-state index is 11.9. The monoisotopic (exact) mass is 250 g/mol. The summed E-state index contributed by atoms with van der Waals surface area (Å²) < 4.78 is 0. The van der Waals surface area contributed by atoms with E-state index in [2.05, 4.69) is 10.3 Å². The number of hydrogen-bond acceptors (Lipinski definition) is 3. The molecule has 0 aliphatic heterocycles. The number of aromatic nitrogens is 1. The molecule has 1 aromatic rings. The van der Waals surface area contributed by atoms with E-state index >= 15 is 0 Å². The van der Waals surface area contributed by atoms with Crippen LogP contribution < -0.4 is 5.32 Å². The van der Waals surface area contributed by atoms with E-state index in [0.717, 1.165) is 12.1 Å². The van der Waals surface area contributed by atoms with Crippen molar-refractivity contribution < 1.29 is 14.7 Å². The predicted molar refractivity (Wildman–Crippen MR) is 67.4 cm³/mol. The second-order valence-electron chi connectivity index (χ2n) is 4.25. The first-order chi connectivity index (χ1) is 8.52. The lowest BCUT2D eigenvalue weighted by molar-refractivity contribution is -0.137. The highest BCUT2D eigenvalue weighted by Crippen LogP contribution is 2.05. The minimum Gasteiger partial charge on any atom is -0.481 e. The van der Waals surface area contributed by atoms with E-state index in [-0.39, 0.29) is 18.4 Å². The molecule has 0 aromatic carbocycles. The fourth-order valence-electron chi connectivity index (χ4n) is 1.66. The molecule has 5 nitrogen and oxygen atoms in total. The van der Waals surface area contributed by atoms with Crippen molar-refractivity contribution in [2.45, 2.75) is 39.2 Å². The van der Waals surface area contributed by atoms with Crippen LogP contribution in [0.5, 0.6) is 0 Å². The van der Waals surface area contributed by atoms with E-state index in [4.69, 9.17) is 5.11 Å². The zero-order valence-corrected chi connectivity index (χ0v) is 10.6. The van der Waals surface area contributed by atoms with Crippen molar-refractivity contribution in [3.8, 4) is 0 Å². The Hall–Kier alpha value is -1.91. The highest BCUT2D eigenvalue weighted by molar-refractivity contribution is 5.94. The number of nitrogens with one attached hydrogen (secondary N) is 1. The zero-order valence-electron chi connectivity index (χ0n) is 10.6. The Balaban J connectivity index is 2.65. The van der Waals surface area contributed by atoms with Gasteiger partial charge in [0.1, 0.15) is 0 Å². The van der Waals surface area contributed by atoms with Crippen LogP contribution in [0, 0.1) is 6.92 Å². The van der Waals surface area contributed by atoms with Gasteiger partial charge in [-0.25, -0.2) is 0 Å². The van der Waals surface area contributed by atoms with Crippen molar-refractivity contribution in [1.29, 1.82) is 0 Å². The fraction of sp³-hybridized carbons (Fsp3) is 0.462. The number of rotatable bonds is 6. The number of carbonyl (C=O) groups excluding carboxylic acids is 1. The molecule has 18 heavy (non-hydrogen) atoms. The molecular weight excluding hydrogens is 232 g/mol. The Kier molecular flexibility index (Phi) is 5.30. The van der Waals surface area contributed by atoms with Crippen molar-refractivity contribution in [1.82, 2.24) is 10.3 Å². The van der Waals surface area contributed by atoms with E-state index in [1.807, 2.05) is 13.8 Å². The molecule has 0 saturated carbocycles. The number of pyridine rings is 1. The summed E-state index contributed by atoms with van der Waals surface area (Å²) in [4.78, 5) is 26.6. The molecule has 1 amide bonds. The minimum atomic E-state index is -0.907. The van der Waals surface area contributed by atoms with Crippen LogP contribution in [0.1, 0.15) is 42.2 Å². The summed E-state index contributed by atoms with van der Waals surface area (Å²) in [6, 6.07) is 3.10. The molecule has 98 valence electrons. The summed E-state index contributed by atoms with van der Waals surface area (Å²) >= 11 is 0. The molecule has 1 atom stereocenters. The van der Waals surface area contributed by atoms with Gasteiger partial charge >= 0.3 is 5.97 Å². The van der Waals surface area contributed by atoms with Gasteiger partial charge in [0.25, 0.3) is 5.91 Å². The lowest BCUT2D eigenvalue weighted by atomic mass is 10.1. The Labute approximate surface area is 106 Å². The van der Waals surface area contributed by atoms with E-state index < -0.39 is 5.97 Å². The second kappa shape index (κ2) is 6.74. The normalized spacial score (nSPS) is 11.9.